The van der Waals surface area contributed by atoms with E-state index in [1.165, 1.54) is 4.31 Å². The lowest BCUT2D eigenvalue weighted by Crippen LogP contribution is -2.41. The number of anilines is 1. The summed E-state index contributed by atoms with van der Waals surface area (Å²) in [6.45, 7) is 0.693. The van der Waals surface area contributed by atoms with Gasteiger partial charge in [-0.2, -0.15) is 4.31 Å². The van der Waals surface area contributed by atoms with Gasteiger partial charge in [0.25, 0.3) is 0 Å². The molecular formula is C25H27N3O3S. The minimum Gasteiger partial charge on any atom is -0.326 e. The second-order valence-electron chi connectivity index (χ2n) is 8.00. The molecule has 0 radical (unpaired) electrons. The maximum Gasteiger partial charge on any atom is 0.243 e. The molecule has 3 aromatic rings. The molecule has 0 spiro atoms. The highest BCUT2D eigenvalue weighted by Crippen LogP contribution is 2.25. The highest BCUT2D eigenvalue weighted by atomic mass is 32.2. The van der Waals surface area contributed by atoms with Gasteiger partial charge in [-0.3, -0.25) is 9.78 Å². The minimum atomic E-state index is -3.51. The molecule has 4 rings (SSSR count). The van der Waals surface area contributed by atoms with Gasteiger partial charge in [0, 0.05) is 36.6 Å². The van der Waals surface area contributed by atoms with Gasteiger partial charge in [-0.05, 0) is 67.6 Å². The van der Waals surface area contributed by atoms with Gasteiger partial charge in [-0.25, -0.2) is 8.42 Å². The molecule has 2 heterocycles. The molecule has 1 aliphatic rings. The summed E-state index contributed by atoms with van der Waals surface area (Å²) >= 11 is 0. The van der Waals surface area contributed by atoms with Crippen molar-refractivity contribution in [2.45, 2.75) is 30.6 Å². The number of aromatic nitrogens is 1. The van der Waals surface area contributed by atoms with E-state index in [0.29, 0.717) is 30.8 Å². The smallest absolute Gasteiger partial charge is 0.243 e. The second kappa shape index (κ2) is 10.1. The molecular weight excluding hydrogens is 422 g/mol. The molecule has 1 aromatic heterocycles. The average molecular weight is 450 g/mol. The zero-order chi connectivity index (χ0) is 22.4. The van der Waals surface area contributed by atoms with E-state index in [4.69, 9.17) is 0 Å². The average Bonchev–Trinajstić information content (AvgIpc) is 2.84. The summed E-state index contributed by atoms with van der Waals surface area (Å²) in [4.78, 5) is 17.4. The highest BCUT2D eigenvalue weighted by molar-refractivity contribution is 7.89. The number of nitrogens with one attached hydrogen (secondary N) is 1. The Morgan fingerprint density at radius 2 is 1.69 bits per heavy atom. The maximum atomic E-state index is 12.8. The van der Waals surface area contributed by atoms with Crippen molar-refractivity contribution in [3.63, 3.8) is 0 Å². The zero-order valence-electron chi connectivity index (χ0n) is 17.9. The molecule has 1 amide bonds. The van der Waals surface area contributed by atoms with E-state index in [9.17, 15) is 13.2 Å². The van der Waals surface area contributed by atoms with Crippen molar-refractivity contribution in [3.8, 4) is 0 Å². The Kier molecular flexibility index (Phi) is 6.97. The summed E-state index contributed by atoms with van der Waals surface area (Å²) in [6, 6.07) is 22.2. The Morgan fingerprint density at radius 3 is 2.41 bits per heavy atom. The molecule has 166 valence electrons. The van der Waals surface area contributed by atoms with Crippen LogP contribution in [-0.2, 0) is 27.7 Å². The summed E-state index contributed by atoms with van der Waals surface area (Å²) < 4.78 is 27.0. The first-order chi connectivity index (χ1) is 15.5. The molecule has 0 bridgehead atoms. The van der Waals surface area contributed by atoms with Crippen LogP contribution >= 0.6 is 0 Å². The molecule has 1 N–H and O–H groups in total. The van der Waals surface area contributed by atoms with E-state index in [1.807, 2.05) is 42.5 Å². The van der Waals surface area contributed by atoms with Crippen molar-refractivity contribution in [3.05, 3.63) is 90.3 Å². The van der Waals surface area contributed by atoms with E-state index in [1.54, 1.807) is 36.5 Å². The molecule has 1 aliphatic heterocycles. The van der Waals surface area contributed by atoms with Gasteiger partial charge in [-0.1, -0.05) is 36.4 Å². The van der Waals surface area contributed by atoms with Crippen LogP contribution in [0.4, 0.5) is 5.69 Å². The fourth-order valence-electron chi connectivity index (χ4n) is 3.97. The first-order valence-electron chi connectivity index (χ1n) is 10.9. The van der Waals surface area contributed by atoms with Gasteiger partial charge in [0.1, 0.15) is 0 Å². The van der Waals surface area contributed by atoms with E-state index in [0.717, 1.165) is 29.8 Å². The Morgan fingerprint density at radius 1 is 0.938 bits per heavy atom. The van der Waals surface area contributed by atoms with Crippen LogP contribution in [0.5, 0.6) is 0 Å². The molecule has 0 unspecified atom stereocenters. The first kappa shape index (κ1) is 22.2. The van der Waals surface area contributed by atoms with Crippen LogP contribution in [0.2, 0.25) is 0 Å². The first-order valence-corrected chi connectivity index (χ1v) is 12.3. The Hall–Kier alpha value is -3.03. The topological polar surface area (TPSA) is 79.4 Å². The summed E-state index contributed by atoms with van der Waals surface area (Å²) in [5.41, 5.74) is 2.95. The van der Waals surface area contributed by atoms with Crippen molar-refractivity contribution in [1.29, 1.82) is 0 Å². The zero-order valence-corrected chi connectivity index (χ0v) is 18.7. The Labute approximate surface area is 189 Å². The number of nitrogens with zero attached hydrogens (tertiary/aromatic N) is 2. The van der Waals surface area contributed by atoms with Crippen LogP contribution in [0, 0.1) is 5.92 Å². The van der Waals surface area contributed by atoms with Gasteiger partial charge in [-0.15, -0.1) is 0 Å². The van der Waals surface area contributed by atoms with Crippen LogP contribution in [0.3, 0.4) is 0 Å². The summed E-state index contributed by atoms with van der Waals surface area (Å²) in [6.07, 6.45) is 4.50. The van der Waals surface area contributed by atoms with Gasteiger partial charge in [0.2, 0.25) is 15.9 Å². The highest BCUT2D eigenvalue weighted by Gasteiger charge is 2.32. The van der Waals surface area contributed by atoms with E-state index in [2.05, 4.69) is 10.3 Å². The number of rotatable bonds is 7. The molecule has 1 saturated heterocycles. The van der Waals surface area contributed by atoms with E-state index in [-0.39, 0.29) is 11.8 Å². The quantitative estimate of drug-likeness (QED) is 0.593. The number of carbonyl (C=O) groups excluding carboxylic acids is 1. The molecule has 6 nitrogen and oxygen atoms in total. The third kappa shape index (κ3) is 5.41. The van der Waals surface area contributed by atoms with Crippen molar-refractivity contribution >= 4 is 21.6 Å². The summed E-state index contributed by atoms with van der Waals surface area (Å²) in [5.74, 6) is -0.252. The predicted octanol–water partition coefficient (Wildman–Crippen LogP) is 3.91. The number of amides is 1. The fourth-order valence-corrected chi connectivity index (χ4v) is 5.46. The number of piperidine rings is 1. The van der Waals surface area contributed by atoms with Crippen LogP contribution in [0.25, 0.3) is 0 Å². The number of hydrogen-bond acceptors (Lipinski definition) is 4. The molecule has 32 heavy (non-hydrogen) atoms. The van der Waals surface area contributed by atoms with Crippen molar-refractivity contribution in [2.75, 3.05) is 18.4 Å². The van der Waals surface area contributed by atoms with Gasteiger partial charge in [0.15, 0.2) is 0 Å². The number of aryl methyl sites for hydroxylation is 2. The van der Waals surface area contributed by atoms with Gasteiger partial charge >= 0.3 is 0 Å². The van der Waals surface area contributed by atoms with Gasteiger partial charge in [0.05, 0.1) is 4.90 Å². The molecule has 7 heteroatoms. The van der Waals surface area contributed by atoms with Crippen molar-refractivity contribution in [1.82, 2.24) is 9.29 Å². The Bertz CT molecular complexity index is 1140. The van der Waals surface area contributed by atoms with Crippen LogP contribution < -0.4 is 5.32 Å². The maximum absolute atomic E-state index is 12.8. The second-order valence-corrected chi connectivity index (χ2v) is 9.94. The lowest BCUT2D eigenvalue weighted by atomic mass is 9.97. The summed E-state index contributed by atoms with van der Waals surface area (Å²) in [5, 5.41) is 3.01. The van der Waals surface area contributed by atoms with Crippen molar-refractivity contribution < 1.29 is 13.2 Å². The largest absolute Gasteiger partial charge is 0.326 e. The standard InChI is InChI=1S/C25H27N3O3S/c29-25(21-14-17-28(18-15-21)32(30,31)24-10-2-1-3-11-24)27-23-9-6-7-20(19-23)12-13-22-8-4-5-16-26-22/h1-11,16,19,21H,12-15,17-18H2,(H,27,29). The number of pyridine rings is 1. The Balaban J connectivity index is 1.31. The van der Waals surface area contributed by atoms with Crippen LogP contribution in [0.1, 0.15) is 24.1 Å². The van der Waals surface area contributed by atoms with Crippen LogP contribution in [-0.4, -0.2) is 36.7 Å². The van der Waals surface area contributed by atoms with E-state index >= 15 is 0 Å². The van der Waals surface area contributed by atoms with Crippen molar-refractivity contribution in [2.24, 2.45) is 5.92 Å². The summed E-state index contributed by atoms with van der Waals surface area (Å²) in [7, 11) is -3.51. The number of sulfonamides is 1. The predicted molar refractivity (Wildman–Crippen MR) is 125 cm³/mol. The molecule has 1 fully saturated rings. The SMILES string of the molecule is O=C(Nc1cccc(CCc2ccccn2)c1)C1CCN(S(=O)(=O)c2ccccc2)CC1. The normalized spacial score (nSPS) is 15.4. The number of hydrogen-bond donors (Lipinski definition) is 1. The molecule has 2 aromatic carbocycles. The minimum absolute atomic E-state index is 0.0522. The van der Waals surface area contributed by atoms with Gasteiger partial charge < -0.3 is 5.32 Å². The third-order valence-electron chi connectivity index (χ3n) is 5.80. The lowest BCUT2D eigenvalue weighted by Gasteiger charge is -2.30. The van der Waals surface area contributed by atoms with E-state index < -0.39 is 10.0 Å². The fraction of sp³-hybridized carbons (Fsp3) is 0.280. The number of benzene rings is 2. The molecule has 0 aliphatic carbocycles. The molecule has 0 atom stereocenters. The monoisotopic (exact) mass is 449 g/mol. The molecule has 0 saturated carbocycles. The lowest BCUT2D eigenvalue weighted by molar-refractivity contribution is -0.120. The number of carbonyl (C=O) groups is 1. The third-order valence-corrected chi connectivity index (χ3v) is 7.71. The van der Waals surface area contributed by atoms with Crippen LogP contribution in [0.15, 0.2) is 83.9 Å².